The van der Waals surface area contributed by atoms with Crippen LogP contribution in [0.15, 0.2) is 65.7 Å². The van der Waals surface area contributed by atoms with Gasteiger partial charge in [0.2, 0.25) is 5.56 Å². The summed E-state index contributed by atoms with van der Waals surface area (Å²) in [5, 5.41) is 9.30. The van der Waals surface area contributed by atoms with E-state index in [0.717, 1.165) is 28.8 Å². The molecular formula is C25H23N3O. The number of fused-ring (bicyclic) bond motifs is 1. The highest BCUT2D eigenvalue weighted by Gasteiger charge is 2.30. The second-order valence-electron chi connectivity index (χ2n) is 7.83. The van der Waals surface area contributed by atoms with Crippen LogP contribution in [0.1, 0.15) is 42.1 Å². The molecule has 0 unspecified atom stereocenters. The molecule has 1 aromatic carbocycles. The molecule has 4 nitrogen and oxygen atoms in total. The first-order valence-electron chi connectivity index (χ1n) is 9.92. The van der Waals surface area contributed by atoms with Gasteiger partial charge in [0.05, 0.1) is 17.3 Å². The molecule has 2 aromatic heterocycles. The number of nitrogens with zero attached hydrogens (tertiary/aromatic N) is 2. The Morgan fingerprint density at radius 2 is 2.03 bits per heavy atom. The van der Waals surface area contributed by atoms with Crippen molar-refractivity contribution < 1.29 is 0 Å². The van der Waals surface area contributed by atoms with Crippen molar-refractivity contribution in [2.24, 2.45) is 11.8 Å². The van der Waals surface area contributed by atoms with Crippen LogP contribution in [-0.2, 0) is 6.42 Å². The van der Waals surface area contributed by atoms with Crippen molar-refractivity contribution in [1.82, 2.24) is 9.97 Å². The van der Waals surface area contributed by atoms with Gasteiger partial charge in [0.25, 0.3) is 0 Å². The highest BCUT2D eigenvalue weighted by Crippen LogP contribution is 2.39. The lowest BCUT2D eigenvalue weighted by Gasteiger charge is -2.34. The van der Waals surface area contributed by atoms with Gasteiger partial charge < -0.3 is 4.98 Å². The van der Waals surface area contributed by atoms with E-state index in [2.05, 4.69) is 36.0 Å². The quantitative estimate of drug-likeness (QED) is 0.699. The molecule has 0 saturated heterocycles. The second kappa shape index (κ2) is 7.89. The normalized spacial score (nSPS) is 20.9. The molecule has 3 aromatic rings. The number of H-pyrrole nitrogens is 1. The molecule has 0 fully saturated rings. The van der Waals surface area contributed by atoms with E-state index in [1.54, 1.807) is 12.3 Å². The van der Waals surface area contributed by atoms with E-state index >= 15 is 0 Å². The summed E-state index contributed by atoms with van der Waals surface area (Å²) in [5.41, 5.74) is 5.61. The molecule has 0 bridgehead atoms. The van der Waals surface area contributed by atoms with Crippen LogP contribution in [0.5, 0.6) is 0 Å². The zero-order valence-electron chi connectivity index (χ0n) is 16.6. The van der Waals surface area contributed by atoms with Gasteiger partial charge >= 0.3 is 0 Å². The smallest absolute Gasteiger partial charge is 0.248 e. The fourth-order valence-corrected chi connectivity index (χ4v) is 4.15. The van der Waals surface area contributed by atoms with Gasteiger partial charge in [-0.2, -0.15) is 5.26 Å². The Hall–Kier alpha value is -3.45. The number of benzene rings is 1. The maximum atomic E-state index is 11.9. The molecule has 144 valence electrons. The predicted molar refractivity (Wildman–Crippen MR) is 115 cm³/mol. The maximum Gasteiger partial charge on any atom is 0.248 e. The third-order valence-electron chi connectivity index (χ3n) is 6.03. The molecule has 29 heavy (non-hydrogen) atoms. The number of nitriles is 1. The second-order valence-corrected chi connectivity index (χ2v) is 7.83. The van der Waals surface area contributed by atoms with Gasteiger partial charge in [-0.1, -0.05) is 44.2 Å². The summed E-state index contributed by atoms with van der Waals surface area (Å²) in [4.78, 5) is 19.2. The molecule has 1 aliphatic carbocycles. The summed E-state index contributed by atoms with van der Waals surface area (Å²) in [7, 11) is 0. The Kier molecular flexibility index (Phi) is 5.14. The van der Waals surface area contributed by atoms with Crippen molar-refractivity contribution in [3.8, 4) is 17.2 Å². The third-order valence-corrected chi connectivity index (χ3v) is 6.03. The number of hydrogen-bond donors (Lipinski definition) is 1. The lowest BCUT2D eigenvalue weighted by molar-refractivity contribution is 0.331. The van der Waals surface area contributed by atoms with E-state index in [4.69, 9.17) is 0 Å². The topological polar surface area (TPSA) is 69.5 Å². The SMILES string of the molecule is C[C@H]1[C@H](C=Cc2ccc(-c3ccccc3C#N)cn2)c2cc(=O)[nH]cc2C[C@@H]1C. The van der Waals surface area contributed by atoms with Crippen LogP contribution >= 0.6 is 0 Å². The number of pyridine rings is 2. The largest absolute Gasteiger partial charge is 0.329 e. The van der Waals surface area contributed by atoms with Crippen molar-refractivity contribution >= 4 is 6.08 Å². The van der Waals surface area contributed by atoms with Gasteiger partial charge in [0.1, 0.15) is 0 Å². The van der Waals surface area contributed by atoms with Crippen molar-refractivity contribution in [2.75, 3.05) is 0 Å². The number of nitrogens with one attached hydrogen (secondary N) is 1. The van der Waals surface area contributed by atoms with E-state index < -0.39 is 0 Å². The van der Waals surface area contributed by atoms with Crippen LogP contribution < -0.4 is 5.56 Å². The Morgan fingerprint density at radius 3 is 2.79 bits per heavy atom. The lowest BCUT2D eigenvalue weighted by atomic mass is 9.71. The Bertz CT molecular complexity index is 1150. The van der Waals surface area contributed by atoms with Crippen LogP contribution in [-0.4, -0.2) is 9.97 Å². The minimum absolute atomic E-state index is 0.0532. The molecule has 0 aliphatic heterocycles. The molecule has 0 amide bonds. The Balaban J connectivity index is 1.62. The summed E-state index contributed by atoms with van der Waals surface area (Å²) < 4.78 is 0. The average Bonchev–Trinajstić information content (AvgIpc) is 2.75. The van der Waals surface area contributed by atoms with E-state index in [-0.39, 0.29) is 11.5 Å². The molecule has 0 spiro atoms. The van der Waals surface area contributed by atoms with Gasteiger partial charge in [-0.25, -0.2) is 0 Å². The van der Waals surface area contributed by atoms with Gasteiger partial charge in [-0.15, -0.1) is 0 Å². The van der Waals surface area contributed by atoms with Crippen LogP contribution in [0.25, 0.3) is 17.2 Å². The van der Waals surface area contributed by atoms with Gasteiger partial charge in [-0.3, -0.25) is 9.78 Å². The minimum Gasteiger partial charge on any atom is -0.329 e. The Labute approximate surface area is 170 Å². The van der Waals surface area contributed by atoms with Gasteiger partial charge in [-0.05, 0) is 47.6 Å². The molecular weight excluding hydrogens is 358 g/mol. The van der Waals surface area contributed by atoms with Crippen LogP contribution in [0.4, 0.5) is 0 Å². The minimum atomic E-state index is -0.0532. The molecule has 2 heterocycles. The first-order chi connectivity index (χ1) is 14.1. The van der Waals surface area contributed by atoms with E-state index in [0.29, 0.717) is 17.4 Å². The van der Waals surface area contributed by atoms with E-state index in [1.807, 2.05) is 48.7 Å². The summed E-state index contributed by atoms with van der Waals surface area (Å²) in [6.07, 6.45) is 8.86. The van der Waals surface area contributed by atoms with Gasteiger partial charge in [0.15, 0.2) is 0 Å². The van der Waals surface area contributed by atoms with E-state index in [1.165, 1.54) is 5.56 Å². The lowest BCUT2D eigenvalue weighted by Crippen LogP contribution is -2.26. The number of aromatic nitrogens is 2. The monoisotopic (exact) mass is 381 g/mol. The fraction of sp³-hybridized carbons (Fsp3) is 0.240. The highest BCUT2D eigenvalue weighted by atomic mass is 16.1. The zero-order chi connectivity index (χ0) is 20.4. The molecule has 4 rings (SSSR count). The molecule has 1 N–H and O–H groups in total. The standard InChI is InChI=1S/C25H23N3O/c1-16-11-20-15-28-25(29)12-24(20)22(17(16)2)10-9-21-8-7-19(14-27-21)23-6-4-3-5-18(23)13-26/h3-10,12,14-17,22H,11H2,1-2H3,(H,28,29)/t16-,17+,22-/m0/s1. The highest BCUT2D eigenvalue weighted by molar-refractivity contribution is 5.70. The number of rotatable bonds is 3. The summed E-state index contributed by atoms with van der Waals surface area (Å²) >= 11 is 0. The summed E-state index contributed by atoms with van der Waals surface area (Å²) in [6.45, 7) is 4.51. The van der Waals surface area contributed by atoms with E-state index in [9.17, 15) is 10.1 Å². The Morgan fingerprint density at radius 1 is 1.21 bits per heavy atom. The van der Waals surface area contributed by atoms with Crippen LogP contribution in [0.3, 0.4) is 0 Å². The fourth-order valence-electron chi connectivity index (χ4n) is 4.15. The number of hydrogen-bond acceptors (Lipinski definition) is 3. The first-order valence-corrected chi connectivity index (χ1v) is 9.92. The number of allylic oxidation sites excluding steroid dienone is 1. The summed E-state index contributed by atoms with van der Waals surface area (Å²) in [6, 6.07) is 15.5. The molecule has 0 saturated carbocycles. The molecule has 0 radical (unpaired) electrons. The van der Waals surface area contributed by atoms with Crippen molar-refractivity contribution in [1.29, 1.82) is 5.26 Å². The predicted octanol–water partition coefficient (Wildman–Crippen LogP) is 4.93. The van der Waals surface area contributed by atoms with Crippen LogP contribution in [0, 0.1) is 23.2 Å². The zero-order valence-corrected chi connectivity index (χ0v) is 16.6. The maximum absolute atomic E-state index is 11.9. The molecule has 1 aliphatic rings. The van der Waals surface area contributed by atoms with Crippen molar-refractivity contribution in [2.45, 2.75) is 26.2 Å². The first kappa shape index (κ1) is 18.9. The summed E-state index contributed by atoms with van der Waals surface area (Å²) in [5.74, 6) is 1.18. The third kappa shape index (κ3) is 3.77. The molecule has 3 atom stereocenters. The molecule has 4 heteroatoms. The average molecular weight is 381 g/mol. The van der Waals surface area contributed by atoms with Crippen molar-refractivity contribution in [3.63, 3.8) is 0 Å². The van der Waals surface area contributed by atoms with Crippen molar-refractivity contribution in [3.05, 3.63) is 93.7 Å². The van der Waals surface area contributed by atoms with Crippen LogP contribution in [0.2, 0.25) is 0 Å². The van der Waals surface area contributed by atoms with Gasteiger partial charge in [0, 0.05) is 35.5 Å². The number of aromatic amines is 1.